The van der Waals surface area contributed by atoms with E-state index < -0.39 is 0 Å². The Hall–Kier alpha value is -2.04. The smallest absolute Gasteiger partial charge is 0.338 e. The number of aromatic nitrogens is 2. The molecule has 1 heterocycles. The largest absolute Gasteiger partial charge is 0.462 e. The van der Waals surface area contributed by atoms with E-state index in [0.29, 0.717) is 23.2 Å². The van der Waals surface area contributed by atoms with E-state index in [-0.39, 0.29) is 11.7 Å². The van der Waals surface area contributed by atoms with Gasteiger partial charge in [0.05, 0.1) is 23.2 Å². The van der Waals surface area contributed by atoms with Crippen LogP contribution in [-0.4, -0.2) is 22.5 Å². The van der Waals surface area contributed by atoms with Gasteiger partial charge in [0, 0.05) is 0 Å². The number of rotatable bonds is 5. The molecule has 0 aliphatic rings. The summed E-state index contributed by atoms with van der Waals surface area (Å²) in [5, 5.41) is 0. The van der Waals surface area contributed by atoms with Crippen molar-refractivity contribution in [2.45, 2.75) is 26.2 Å². The van der Waals surface area contributed by atoms with Gasteiger partial charge in [-0.05, 0) is 24.6 Å². The molecular formula is C13H16N2O3. The Bertz CT molecular complexity index is 598. The van der Waals surface area contributed by atoms with E-state index in [1.54, 1.807) is 18.2 Å². The molecule has 2 aromatic rings. The second kappa shape index (κ2) is 5.53. The summed E-state index contributed by atoms with van der Waals surface area (Å²) in [6.07, 6.45) is 3.02. The Balaban J connectivity index is 2.05. The van der Waals surface area contributed by atoms with E-state index in [1.165, 1.54) is 0 Å². The molecule has 0 saturated carbocycles. The fraction of sp³-hybridized carbons (Fsp3) is 0.385. The van der Waals surface area contributed by atoms with Crippen LogP contribution in [0.3, 0.4) is 0 Å². The van der Waals surface area contributed by atoms with Crippen molar-refractivity contribution < 1.29 is 9.53 Å². The Kier molecular flexibility index (Phi) is 3.82. The number of ether oxygens (including phenoxy) is 1. The molecule has 5 heteroatoms. The van der Waals surface area contributed by atoms with Crippen molar-refractivity contribution >= 4 is 17.0 Å². The Morgan fingerprint density at radius 2 is 2.00 bits per heavy atom. The zero-order valence-electron chi connectivity index (χ0n) is 10.3. The van der Waals surface area contributed by atoms with E-state index in [0.717, 1.165) is 19.3 Å². The molecule has 18 heavy (non-hydrogen) atoms. The summed E-state index contributed by atoms with van der Waals surface area (Å²) >= 11 is 0. The Morgan fingerprint density at radius 1 is 1.22 bits per heavy atom. The van der Waals surface area contributed by atoms with Crippen LogP contribution in [0.4, 0.5) is 0 Å². The number of imidazole rings is 1. The lowest BCUT2D eigenvalue weighted by Crippen LogP contribution is -2.06. The summed E-state index contributed by atoms with van der Waals surface area (Å²) in [5.41, 5.74) is 1.47. The highest BCUT2D eigenvalue weighted by Crippen LogP contribution is 2.11. The fourth-order valence-corrected chi connectivity index (χ4v) is 1.76. The number of aromatic amines is 2. The topological polar surface area (TPSA) is 75.0 Å². The first-order valence-corrected chi connectivity index (χ1v) is 6.10. The quantitative estimate of drug-likeness (QED) is 0.629. The second-order valence-corrected chi connectivity index (χ2v) is 4.18. The van der Waals surface area contributed by atoms with Crippen molar-refractivity contribution in [3.63, 3.8) is 0 Å². The minimum Gasteiger partial charge on any atom is -0.462 e. The number of benzene rings is 1. The third-order valence-corrected chi connectivity index (χ3v) is 2.73. The van der Waals surface area contributed by atoms with Gasteiger partial charge in [-0.1, -0.05) is 19.8 Å². The number of fused-ring (bicyclic) bond motifs is 1. The molecule has 2 rings (SSSR count). The number of nitrogens with one attached hydrogen (secondary N) is 2. The van der Waals surface area contributed by atoms with Crippen molar-refractivity contribution in [2.75, 3.05) is 6.61 Å². The summed E-state index contributed by atoms with van der Waals surface area (Å²) in [7, 11) is 0. The minimum absolute atomic E-state index is 0.279. The fourth-order valence-electron chi connectivity index (χ4n) is 1.76. The highest BCUT2D eigenvalue weighted by Gasteiger charge is 2.08. The van der Waals surface area contributed by atoms with Gasteiger partial charge < -0.3 is 14.7 Å². The molecule has 0 aliphatic heterocycles. The van der Waals surface area contributed by atoms with Crippen molar-refractivity contribution in [1.82, 2.24) is 9.97 Å². The van der Waals surface area contributed by atoms with Crippen LogP contribution in [0.25, 0.3) is 11.0 Å². The molecule has 0 radical (unpaired) electrons. The predicted molar refractivity (Wildman–Crippen MR) is 68.7 cm³/mol. The molecule has 0 atom stereocenters. The van der Waals surface area contributed by atoms with E-state index in [2.05, 4.69) is 16.9 Å². The number of unbranched alkanes of at least 4 members (excludes halogenated alkanes) is 2. The molecule has 5 nitrogen and oxygen atoms in total. The number of hydrogen-bond donors (Lipinski definition) is 2. The molecule has 2 N–H and O–H groups in total. The van der Waals surface area contributed by atoms with Gasteiger partial charge in [0.1, 0.15) is 0 Å². The second-order valence-electron chi connectivity index (χ2n) is 4.18. The lowest BCUT2D eigenvalue weighted by Gasteiger charge is -2.04. The van der Waals surface area contributed by atoms with E-state index in [4.69, 9.17) is 4.74 Å². The third-order valence-electron chi connectivity index (χ3n) is 2.73. The average molecular weight is 248 g/mol. The maximum Gasteiger partial charge on any atom is 0.338 e. The van der Waals surface area contributed by atoms with Gasteiger partial charge >= 0.3 is 11.7 Å². The summed E-state index contributed by atoms with van der Waals surface area (Å²) in [5.74, 6) is -0.352. The van der Waals surface area contributed by atoms with Gasteiger partial charge in [-0.25, -0.2) is 9.59 Å². The van der Waals surface area contributed by atoms with Crippen LogP contribution >= 0.6 is 0 Å². The minimum atomic E-state index is -0.352. The first kappa shape index (κ1) is 12.4. The van der Waals surface area contributed by atoms with Crippen molar-refractivity contribution in [1.29, 1.82) is 0 Å². The molecule has 0 bridgehead atoms. The molecule has 1 aromatic heterocycles. The molecule has 1 aromatic carbocycles. The molecule has 0 aliphatic carbocycles. The van der Waals surface area contributed by atoms with Gasteiger partial charge in [-0.2, -0.15) is 0 Å². The van der Waals surface area contributed by atoms with Crippen LogP contribution in [0.2, 0.25) is 0 Å². The molecule has 0 amide bonds. The van der Waals surface area contributed by atoms with Crippen LogP contribution in [0.15, 0.2) is 23.0 Å². The normalized spacial score (nSPS) is 10.7. The number of carbonyl (C=O) groups excluding carboxylic acids is 1. The van der Waals surface area contributed by atoms with Crippen LogP contribution in [0, 0.1) is 0 Å². The molecule has 0 unspecified atom stereocenters. The van der Waals surface area contributed by atoms with Crippen LogP contribution in [0.5, 0.6) is 0 Å². The van der Waals surface area contributed by atoms with Gasteiger partial charge in [-0.15, -0.1) is 0 Å². The average Bonchev–Trinajstić information content (AvgIpc) is 2.73. The lowest BCUT2D eigenvalue weighted by atomic mass is 10.2. The molecule has 0 fully saturated rings. The van der Waals surface area contributed by atoms with Gasteiger partial charge in [-0.3, -0.25) is 0 Å². The lowest BCUT2D eigenvalue weighted by molar-refractivity contribution is 0.0498. The third kappa shape index (κ3) is 2.80. The highest BCUT2D eigenvalue weighted by molar-refractivity contribution is 5.93. The highest BCUT2D eigenvalue weighted by atomic mass is 16.5. The Morgan fingerprint density at radius 3 is 2.78 bits per heavy atom. The van der Waals surface area contributed by atoms with Crippen LogP contribution in [0.1, 0.15) is 36.5 Å². The summed E-state index contributed by atoms with van der Waals surface area (Å²) in [6, 6.07) is 4.96. The zero-order chi connectivity index (χ0) is 13.0. The van der Waals surface area contributed by atoms with Gasteiger partial charge in [0.15, 0.2) is 0 Å². The Labute approximate surface area is 104 Å². The number of esters is 1. The molecule has 96 valence electrons. The van der Waals surface area contributed by atoms with E-state index in [1.807, 2.05) is 0 Å². The standard InChI is InChI=1S/C13H16N2O3/c1-2-3-4-7-18-12(16)9-5-6-10-11(8-9)15-13(17)14-10/h5-6,8H,2-4,7H2,1H3,(H2,14,15,17). The summed E-state index contributed by atoms with van der Waals surface area (Å²) in [4.78, 5) is 28.1. The number of hydrogen-bond acceptors (Lipinski definition) is 3. The first-order chi connectivity index (χ1) is 8.70. The predicted octanol–water partition coefficient (Wildman–Crippen LogP) is 2.20. The molecular weight excluding hydrogens is 232 g/mol. The summed E-state index contributed by atoms with van der Waals surface area (Å²) < 4.78 is 5.14. The first-order valence-electron chi connectivity index (χ1n) is 6.10. The van der Waals surface area contributed by atoms with Crippen LogP contribution < -0.4 is 5.69 Å². The molecule has 0 spiro atoms. The van der Waals surface area contributed by atoms with Crippen LogP contribution in [-0.2, 0) is 4.74 Å². The van der Waals surface area contributed by atoms with Gasteiger partial charge in [0.25, 0.3) is 0 Å². The van der Waals surface area contributed by atoms with Crippen molar-refractivity contribution in [3.8, 4) is 0 Å². The van der Waals surface area contributed by atoms with E-state index >= 15 is 0 Å². The SMILES string of the molecule is CCCCCOC(=O)c1ccc2[nH]c(=O)[nH]c2c1. The summed E-state index contributed by atoms with van der Waals surface area (Å²) in [6.45, 7) is 2.53. The number of H-pyrrole nitrogens is 2. The maximum atomic E-state index is 11.7. The van der Waals surface area contributed by atoms with Gasteiger partial charge in [0.2, 0.25) is 0 Å². The molecule has 0 saturated heterocycles. The maximum absolute atomic E-state index is 11.7. The van der Waals surface area contributed by atoms with Crippen molar-refractivity contribution in [3.05, 3.63) is 34.2 Å². The monoisotopic (exact) mass is 248 g/mol. The number of carbonyl (C=O) groups is 1. The van der Waals surface area contributed by atoms with E-state index in [9.17, 15) is 9.59 Å². The van der Waals surface area contributed by atoms with Crippen molar-refractivity contribution in [2.24, 2.45) is 0 Å². The zero-order valence-corrected chi connectivity index (χ0v) is 10.3.